The molecule has 0 bridgehead atoms. The van der Waals surface area contributed by atoms with Crippen molar-refractivity contribution in [2.24, 2.45) is 0 Å². The Hall–Kier alpha value is -3.02. The average molecular weight is 439 g/mol. The predicted molar refractivity (Wildman–Crippen MR) is 125 cm³/mol. The third-order valence-corrected chi connectivity index (χ3v) is 5.95. The van der Waals surface area contributed by atoms with Crippen LogP contribution in [0.3, 0.4) is 0 Å². The van der Waals surface area contributed by atoms with Gasteiger partial charge in [-0.1, -0.05) is 29.8 Å². The Morgan fingerprint density at radius 3 is 2.44 bits per heavy atom. The molecule has 172 valence electrons. The molecule has 1 aliphatic heterocycles. The number of carbonyl (C=O) groups excluding carboxylic acids is 2. The molecule has 2 aromatic carbocycles. The van der Waals surface area contributed by atoms with Crippen LogP contribution in [-0.2, 0) is 9.59 Å². The number of piperidine rings is 1. The van der Waals surface area contributed by atoms with Gasteiger partial charge in [-0.3, -0.25) is 9.59 Å². The summed E-state index contributed by atoms with van der Waals surface area (Å²) in [5.41, 5.74) is 3.39. The lowest BCUT2D eigenvalue weighted by molar-refractivity contribution is -0.132. The number of nitrogens with zero attached hydrogens (tertiary/aromatic N) is 1. The van der Waals surface area contributed by atoms with E-state index in [1.54, 1.807) is 0 Å². The number of nitrogens with one attached hydrogen (secondary N) is 1. The van der Waals surface area contributed by atoms with Gasteiger partial charge in [0.25, 0.3) is 5.91 Å². The van der Waals surface area contributed by atoms with Crippen LogP contribution in [0, 0.1) is 20.8 Å². The van der Waals surface area contributed by atoms with Crippen molar-refractivity contribution in [1.82, 2.24) is 10.2 Å². The largest absolute Gasteiger partial charge is 0.494 e. The minimum Gasteiger partial charge on any atom is -0.494 e. The van der Waals surface area contributed by atoms with Gasteiger partial charge in [0.1, 0.15) is 11.5 Å². The third-order valence-electron chi connectivity index (χ3n) is 5.95. The summed E-state index contributed by atoms with van der Waals surface area (Å²) in [5.74, 6) is 1.61. The van der Waals surface area contributed by atoms with Crippen molar-refractivity contribution in [3.8, 4) is 11.5 Å². The van der Waals surface area contributed by atoms with Crippen LogP contribution in [0.2, 0.25) is 0 Å². The Kier molecular flexibility index (Phi) is 8.54. The summed E-state index contributed by atoms with van der Waals surface area (Å²) < 4.78 is 11.4. The Labute approximate surface area is 190 Å². The van der Waals surface area contributed by atoms with Crippen molar-refractivity contribution in [2.45, 2.75) is 52.5 Å². The van der Waals surface area contributed by atoms with Gasteiger partial charge in [0.15, 0.2) is 6.61 Å². The standard InChI is InChI=1S/C26H34N2O4/c1-19-9-11-23(12-10-19)31-17-5-8-26(30)28-15-13-22(14-16-28)27-25(29)18-32-24-7-4-6-20(2)21(24)3/h4,6-7,9-12,22H,5,8,13-18H2,1-3H3,(H,27,29). The third kappa shape index (κ3) is 7.01. The van der Waals surface area contributed by atoms with Crippen LogP contribution >= 0.6 is 0 Å². The molecule has 0 unspecified atom stereocenters. The Balaban J connectivity index is 1.30. The van der Waals surface area contributed by atoms with Crippen molar-refractivity contribution in [3.05, 3.63) is 59.2 Å². The first kappa shape index (κ1) is 23.6. The first-order valence-electron chi connectivity index (χ1n) is 11.4. The zero-order valence-corrected chi connectivity index (χ0v) is 19.4. The van der Waals surface area contributed by atoms with Crippen molar-refractivity contribution >= 4 is 11.8 Å². The fraction of sp³-hybridized carbons (Fsp3) is 0.462. The van der Waals surface area contributed by atoms with Gasteiger partial charge in [-0.15, -0.1) is 0 Å². The van der Waals surface area contributed by atoms with Crippen LogP contribution in [0.1, 0.15) is 42.4 Å². The lowest BCUT2D eigenvalue weighted by Gasteiger charge is -2.32. The van der Waals surface area contributed by atoms with Gasteiger partial charge in [-0.2, -0.15) is 0 Å². The molecule has 6 nitrogen and oxygen atoms in total. The lowest BCUT2D eigenvalue weighted by Crippen LogP contribution is -2.47. The Bertz CT molecular complexity index is 903. The average Bonchev–Trinajstić information content (AvgIpc) is 2.79. The van der Waals surface area contributed by atoms with E-state index in [1.165, 1.54) is 5.56 Å². The van der Waals surface area contributed by atoms with Gasteiger partial charge in [0, 0.05) is 25.6 Å². The molecular weight excluding hydrogens is 404 g/mol. The Morgan fingerprint density at radius 1 is 1.00 bits per heavy atom. The van der Waals surface area contributed by atoms with Crippen molar-refractivity contribution < 1.29 is 19.1 Å². The lowest BCUT2D eigenvalue weighted by atomic mass is 10.0. The number of carbonyl (C=O) groups is 2. The molecular formula is C26H34N2O4. The summed E-state index contributed by atoms with van der Waals surface area (Å²) in [6.45, 7) is 7.92. The summed E-state index contributed by atoms with van der Waals surface area (Å²) in [7, 11) is 0. The highest BCUT2D eigenvalue weighted by atomic mass is 16.5. The van der Waals surface area contributed by atoms with Gasteiger partial charge < -0.3 is 19.7 Å². The first-order chi connectivity index (χ1) is 15.4. The second-order valence-corrected chi connectivity index (χ2v) is 8.47. The molecule has 2 aromatic rings. The number of rotatable bonds is 9. The molecule has 0 aliphatic carbocycles. The summed E-state index contributed by atoms with van der Waals surface area (Å²) >= 11 is 0. The van der Waals surface area contributed by atoms with Gasteiger partial charge >= 0.3 is 0 Å². The second-order valence-electron chi connectivity index (χ2n) is 8.47. The molecule has 0 spiro atoms. The van der Waals surface area contributed by atoms with Gasteiger partial charge in [-0.25, -0.2) is 0 Å². The minimum absolute atomic E-state index is 0.00439. The zero-order chi connectivity index (χ0) is 22.9. The van der Waals surface area contributed by atoms with E-state index in [0.29, 0.717) is 32.5 Å². The predicted octanol–water partition coefficient (Wildman–Crippen LogP) is 3.96. The maximum Gasteiger partial charge on any atom is 0.258 e. The van der Waals surface area contributed by atoms with Crippen LogP contribution in [0.5, 0.6) is 11.5 Å². The number of amides is 2. The van der Waals surface area contributed by atoms with Crippen molar-refractivity contribution in [2.75, 3.05) is 26.3 Å². The zero-order valence-electron chi connectivity index (χ0n) is 19.4. The highest BCUT2D eigenvalue weighted by Crippen LogP contribution is 2.20. The van der Waals surface area contributed by atoms with E-state index >= 15 is 0 Å². The van der Waals surface area contributed by atoms with Crippen molar-refractivity contribution in [3.63, 3.8) is 0 Å². The maximum atomic E-state index is 12.5. The SMILES string of the molecule is Cc1ccc(OCCCC(=O)N2CCC(NC(=O)COc3cccc(C)c3C)CC2)cc1. The summed E-state index contributed by atoms with van der Waals surface area (Å²) in [4.78, 5) is 26.6. The van der Waals surface area contributed by atoms with E-state index in [-0.39, 0.29) is 24.5 Å². The molecule has 3 rings (SSSR count). The smallest absolute Gasteiger partial charge is 0.258 e. The second kappa shape index (κ2) is 11.6. The monoisotopic (exact) mass is 438 g/mol. The van der Waals surface area contributed by atoms with E-state index < -0.39 is 0 Å². The highest BCUT2D eigenvalue weighted by molar-refractivity contribution is 5.78. The van der Waals surface area contributed by atoms with E-state index in [4.69, 9.17) is 9.47 Å². The molecule has 1 fully saturated rings. The fourth-order valence-electron chi connectivity index (χ4n) is 3.77. The van der Waals surface area contributed by atoms with Gasteiger partial charge in [-0.05, 0) is 69.4 Å². The number of hydrogen-bond donors (Lipinski definition) is 1. The number of aryl methyl sites for hydroxylation is 2. The van der Waals surface area contributed by atoms with E-state index in [1.807, 2.05) is 68.1 Å². The van der Waals surface area contributed by atoms with Crippen LogP contribution in [-0.4, -0.2) is 49.1 Å². The summed E-state index contributed by atoms with van der Waals surface area (Å²) in [6.07, 6.45) is 2.70. The fourth-order valence-corrected chi connectivity index (χ4v) is 3.77. The summed E-state index contributed by atoms with van der Waals surface area (Å²) in [6, 6.07) is 13.8. The molecule has 1 heterocycles. The molecule has 0 radical (unpaired) electrons. The minimum atomic E-state index is -0.121. The van der Waals surface area contributed by atoms with E-state index in [9.17, 15) is 9.59 Å². The number of ether oxygens (including phenoxy) is 2. The molecule has 0 atom stereocenters. The normalized spacial score (nSPS) is 14.2. The Morgan fingerprint density at radius 2 is 1.72 bits per heavy atom. The van der Waals surface area contributed by atoms with Crippen LogP contribution in [0.25, 0.3) is 0 Å². The van der Waals surface area contributed by atoms with Gasteiger partial charge in [0.2, 0.25) is 5.91 Å². The van der Waals surface area contributed by atoms with Crippen molar-refractivity contribution in [1.29, 1.82) is 0 Å². The maximum absolute atomic E-state index is 12.5. The summed E-state index contributed by atoms with van der Waals surface area (Å²) in [5, 5.41) is 3.04. The molecule has 0 saturated carbocycles. The number of likely N-dealkylation sites (tertiary alicyclic amines) is 1. The topological polar surface area (TPSA) is 67.9 Å². The molecule has 0 aromatic heterocycles. The molecule has 32 heavy (non-hydrogen) atoms. The quantitative estimate of drug-likeness (QED) is 0.602. The van der Waals surface area contributed by atoms with Gasteiger partial charge in [0.05, 0.1) is 6.61 Å². The molecule has 2 amide bonds. The van der Waals surface area contributed by atoms with E-state index in [2.05, 4.69) is 5.32 Å². The van der Waals surface area contributed by atoms with Crippen LogP contribution in [0.4, 0.5) is 0 Å². The number of hydrogen-bond acceptors (Lipinski definition) is 4. The van der Waals surface area contributed by atoms with E-state index in [0.717, 1.165) is 35.5 Å². The molecule has 1 saturated heterocycles. The highest BCUT2D eigenvalue weighted by Gasteiger charge is 2.23. The molecule has 1 aliphatic rings. The molecule has 6 heteroatoms. The first-order valence-corrected chi connectivity index (χ1v) is 11.4. The molecule has 1 N–H and O–H groups in total. The number of benzene rings is 2. The van der Waals surface area contributed by atoms with Crippen LogP contribution in [0.15, 0.2) is 42.5 Å². The van der Waals surface area contributed by atoms with Crippen LogP contribution < -0.4 is 14.8 Å².